The zero-order chi connectivity index (χ0) is 12.4. The Morgan fingerprint density at radius 1 is 1.41 bits per heavy atom. The Morgan fingerprint density at radius 3 is 2.82 bits per heavy atom. The molecule has 1 N–H and O–H groups in total. The van der Waals surface area contributed by atoms with Crippen LogP contribution in [-0.2, 0) is 9.59 Å². The number of hydrogen-bond acceptors (Lipinski definition) is 3. The van der Waals surface area contributed by atoms with Crippen molar-refractivity contribution in [3.63, 3.8) is 0 Å². The summed E-state index contributed by atoms with van der Waals surface area (Å²) in [5.74, 6) is -0.0997. The predicted octanol–water partition coefficient (Wildman–Crippen LogP) is 1.94. The molecule has 0 aliphatic carbocycles. The number of ketones is 1. The van der Waals surface area contributed by atoms with E-state index in [4.69, 9.17) is 0 Å². The van der Waals surface area contributed by atoms with E-state index in [9.17, 15) is 9.59 Å². The van der Waals surface area contributed by atoms with Crippen LogP contribution in [0.5, 0.6) is 0 Å². The first-order valence-corrected chi connectivity index (χ1v) is 5.41. The number of hydrogen-bond donors (Lipinski definition) is 1. The van der Waals surface area contributed by atoms with Crippen molar-refractivity contribution in [1.29, 1.82) is 0 Å². The molecular formula is C13H14N2O2. The number of amides is 1. The van der Waals surface area contributed by atoms with Crippen LogP contribution in [0.4, 0.5) is 11.4 Å². The summed E-state index contributed by atoms with van der Waals surface area (Å²) < 4.78 is 0. The SMILES string of the molecule is CC(=O)/C=C1/CC(=O)N(C)c2ccccc2N1. The number of benzene rings is 1. The van der Waals surface area contributed by atoms with E-state index in [1.54, 1.807) is 11.9 Å². The minimum Gasteiger partial charge on any atom is -0.357 e. The maximum Gasteiger partial charge on any atom is 0.232 e. The van der Waals surface area contributed by atoms with Gasteiger partial charge in [-0.05, 0) is 19.1 Å². The average molecular weight is 230 g/mol. The van der Waals surface area contributed by atoms with E-state index in [1.165, 1.54) is 13.0 Å². The summed E-state index contributed by atoms with van der Waals surface area (Å²) in [6.45, 7) is 1.47. The molecule has 0 aromatic heterocycles. The summed E-state index contributed by atoms with van der Waals surface area (Å²) in [6.07, 6.45) is 1.68. The fourth-order valence-corrected chi connectivity index (χ4v) is 1.84. The third-order valence-electron chi connectivity index (χ3n) is 2.65. The Morgan fingerprint density at radius 2 is 2.12 bits per heavy atom. The van der Waals surface area contributed by atoms with Gasteiger partial charge in [-0.25, -0.2) is 0 Å². The Balaban J connectivity index is 2.45. The molecule has 1 aliphatic heterocycles. The van der Waals surface area contributed by atoms with Crippen molar-refractivity contribution in [2.45, 2.75) is 13.3 Å². The van der Waals surface area contributed by atoms with E-state index in [-0.39, 0.29) is 18.1 Å². The first-order chi connectivity index (χ1) is 8.08. The zero-order valence-corrected chi connectivity index (χ0v) is 9.86. The second-order valence-electron chi connectivity index (χ2n) is 4.05. The fourth-order valence-electron chi connectivity index (χ4n) is 1.84. The molecule has 0 atom stereocenters. The fraction of sp³-hybridized carbons (Fsp3) is 0.231. The van der Waals surface area contributed by atoms with E-state index < -0.39 is 0 Å². The third kappa shape index (κ3) is 2.36. The molecule has 0 saturated carbocycles. The lowest BCUT2D eigenvalue weighted by Crippen LogP contribution is -2.24. The van der Waals surface area contributed by atoms with Crippen LogP contribution in [0.2, 0.25) is 0 Å². The number of fused-ring (bicyclic) bond motifs is 1. The van der Waals surface area contributed by atoms with Crippen LogP contribution in [-0.4, -0.2) is 18.7 Å². The molecule has 0 unspecified atom stereocenters. The van der Waals surface area contributed by atoms with Crippen LogP contribution in [0, 0.1) is 0 Å². The van der Waals surface area contributed by atoms with Crippen LogP contribution in [0.15, 0.2) is 36.0 Å². The number of nitrogens with zero attached hydrogens (tertiary/aromatic N) is 1. The van der Waals surface area contributed by atoms with Crippen molar-refractivity contribution in [2.75, 3.05) is 17.3 Å². The molecule has 1 aromatic rings. The summed E-state index contributed by atoms with van der Waals surface area (Å²) in [6, 6.07) is 7.53. The van der Waals surface area contributed by atoms with E-state index >= 15 is 0 Å². The number of nitrogens with one attached hydrogen (secondary N) is 1. The van der Waals surface area contributed by atoms with Crippen molar-refractivity contribution in [3.8, 4) is 0 Å². The molecule has 0 fully saturated rings. The number of rotatable bonds is 1. The largest absolute Gasteiger partial charge is 0.357 e. The highest BCUT2D eigenvalue weighted by molar-refractivity contribution is 6.01. The molecule has 1 heterocycles. The number of carbonyl (C=O) groups excluding carboxylic acids is 2. The lowest BCUT2D eigenvalue weighted by molar-refractivity contribution is -0.117. The summed E-state index contributed by atoms with van der Waals surface area (Å²) in [7, 11) is 1.74. The highest BCUT2D eigenvalue weighted by Gasteiger charge is 2.20. The van der Waals surface area contributed by atoms with Crippen molar-refractivity contribution in [3.05, 3.63) is 36.0 Å². The van der Waals surface area contributed by atoms with Gasteiger partial charge in [-0.1, -0.05) is 12.1 Å². The van der Waals surface area contributed by atoms with Crippen LogP contribution in [0.25, 0.3) is 0 Å². The van der Waals surface area contributed by atoms with Gasteiger partial charge in [-0.2, -0.15) is 0 Å². The Bertz CT molecular complexity index is 506. The van der Waals surface area contributed by atoms with E-state index in [1.807, 2.05) is 24.3 Å². The van der Waals surface area contributed by atoms with Crippen molar-refractivity contribution >= 4 is 23.1 Å². The van der Waals surface area contributed by atoms with Gasteiger partial charge in [-0.3, -0.25) is 9.59 Å². The third-order valence-corrected chi connectivity index (χ3v) is 2.65. The number of allylic oxidation sites excluding steroid dienone is 1. The summed E-state index contributed by atoms with van der Waals surface area (Å²) in [5.41, 5.74) is 2.30. The second kappa shape index (κ2) is 4.41. The molecule has 0 saturated heterocycles. The molecule has 17 heavy (non-hydrogen) atoms. The first-order valence-electron chi connectivity index (χ1n) is 5.41. The molecule has 88 valence electrons. The Hall–Kier alpha value is -2.10. The monoisotopic (exact) mass is 230 g/mol. The molecule has 1 aromatic carbocycles. The van der Waals surface area contributed by atoms with Gasteiger partial charge in [0.15, 0.2) is 5.78 Å². The molecule has 0 bridgehead atoms. The highest BCUT2D eigenvalue weighted by Crippen LogP contribution is 2.30. The maximum absolute atomic E-state index is 11.9. The molecule has 1 aliphatic rings. The molecule has 0 spiro atoms. The summed E-state index contributed by atoms with van der Waals surface area (Å²) in [5, 5.41) is 3.13. The van der Waals surface area contributed by atoms with E-state index in [0.717, 1.165) is 11.4 Å². The van der Waals surface area contributed by atoms with Gasteiger partial charge in [0.25, 0.3) is 0 Å². The average Bonchev–Trinajstić information content (AvgIpc) is 2.37. The molecule has 4 nitrogen and oxygen atoms in total. The van der Waals surface area contributed by atoms with Crippen LogP contribution < -0.4 is 10.2 Å². The molecule has 1 amide bonds. The smallest absolute Gasteiger partial charge is 0.232 e. The van der Waals surface area contributed by atoms with Gasteiger partial charge in [0, 0.05) is 18.8 Å². The van der Waals surface area contributed by atoms with Gasteiger partial charge in [0.2, 0.25) is 5.91 Å². The van der Waals surface area contributed by atoms with Crippen LogP contribution in [0.1, 0.15) is 13.3 Å². The minimum absolute atomic E-state index is 0.0325. The van der Waals surface area contributed by atoms with Gasteiger partial charge in [0.05, 0.1) is 17.8 Å². The van der Waals surface area contributed by atoms with E-state index in [0.29, 0.717) is 5.70 Å². The topological polar surface area (TPSA) is 49.4 Å². The summed E-state index contributed by atoms with van der Waals surface area (Å²) >= 11 is 0. The maximum atomic E-state index is 11.9. The highest BCUT2D eigenvalue weighted by atomic mass is 16.2. The normalized spacial score (nSPS) is 17.4. The Labute approximate surface area is 99.9 Å². The van der Waals surface area contributed by atoms with Crippen LogP contribution >= 0.6 is 0 Å². The standard InChI is InChI=1S/C13H14N2O2/c1-9(16)7-10-8-13(17)15(2)12-6-4-3-5-11(12)14-10/h3-7,14H,8H2,1-2H3/b10-7-. The Kier molecular flexibility index (Phi) is 2.95. The molecule has 0 radical (unpaired) electrons. The lowest BCUT2D eigenvalue weighted by Gasteiger charge is -2.16. The predicted molar refractivity (Wildman–Crippen MR) is 66.9 cm³/mol. The number of para-hydroxylation sites is 2. The van der Waals surface area contributed by atoms with Gasteiger partial charge in [-0.15, -0.1) is 0 Å². The van der Waals surface area contributed by atoms with Gasteiger partial charge < -0.3 is 10.2 Å². The van der Waals surface area contributed by atoms with Crippen molar-refractivity contribution < 1.29 is 9.59 Å². The minimum atomic E-state index is -0.0673. The first kappa shape index (κ1) is 11.4. The molecule has 2 rings (SSSR count). The van der Waals surface area contributed by atoms with Crippen LogP contribution in [0.3, 0.4) is 0 Å². The quantitative estimate of drug-likeness (QED) is 0.750. The van der Waals surface area contributed by atoms with Crippen molar-refractivity contribution in [1.82, 2.24) is 0 Å². The van der Waals surface area contributed by atoms with Gasteiger partial charge >= 0.3 is 0 Å². The second-order valence-corrected chi connectivity index (χ2v) is 4.05. The zero-order valence-electron chi connectivity index (χ0n) is 9.86. The lowest BCUT2D eigenvalue weighted by atomic mass is 10.2. The number of carbonyl (C=O) groups is 2. The number of anilines is 2. The molecule has 4 heteroatoms. The summed E-state index contributed by atoms with van der Waals surface area (Å²) in [4.78, 5) is 24.6. The van der Waals surface area contributed by atoms with E-state index in [2.05, 4.69) is 5.32 Å². The van der Waals surface area contributed by atoms with Gasteiger partial charge in [0.1, 0.15) is 0 Å². The molecular weight excluding hydrogens is 216 g/mol. The van der Waals surface area contributed by atoms with Crippen molar-refractivity contribution in [2.24, 2.45) is 0 Å².